The van der Waals surface area contributed by atoms with Gasteiger partial charge in [0.2, 0.25) is 0 Å². The molecule has 0 amide bonds. The minimum absolute atomic E-state index is 0.0688. The summed E-state index contributed by atoms with van der Waals surface area (Å²) < 4.78 is 30.4. The molecule has 0 N–H and O–H groups in total. The van der Waals surface area contributed by atoms with Crippen LogP contribution in [0.15, 0.2) is 12.1 Å². The number of hydrogen-bond donors (Lipinski definition) is 0. The Kier molecular flexibility index (Phi) is 2.63. The number of ether oxygens (including phenoxy) is 1. The SMILES string of the molecule is COc1cc(C(F)F)cc(C2CC2)c1C. The lowest BCUT2D eigenvalue weighted by Gasteiger charge is -2.12. The normalized spacial score (nSPS) is 15.8. The van der Waals surface area contributed by atoms with Gasteiger partial charge in [-0.3, -0.25) is 0 Å². The summed E-state index contributed by atoms with van der Waals surface area (Å²) >= 11 is 0. The predicted octanol–water partition coefficient (Wildman–Crippen LogP) is 3.82. The maximum atomic E-state index is 12.6. The van der Waals surface area contributed by atoms with E-state index in [2.05, 4.69) is 0 Å². The van der Waals surface area contributed by atoms with Gasteiger partial charge in [0.25, 0.3) is 6.43 Å². The van der Waals surface area contributed by atoms with E-state index in [9.17, 15) is 8.78 Å². The first kappa shape index (κ1) is 10.4. The third-order valence-corrected chi connectivity index (χ3v) is 2.91. The number of halogens is 2. The zero-order chi connectivity index (χ0) is 11.0. The van der Waals surface area contributed by atoms with E-state index >= 15 is 0 Å². The summed E-state index contributed by atoms with van der Waals surface area (Å²) in [5, 5.41) is 0. The largest absolute Gasteiger partial charge is 0.496 e. The van der Waals surface area contributed by atoms with E-state index in [0.717, 1.165) is 24.0 Å². The standard InChI is InChI=1S/C12H14F2O/c1-7-10(8-3-4-8)5-9(12(13)14)6-11(7)15-2/h5-6,8,12H,3-4H2,1-2H3. The summed E-state index contributed by atoms with van der Waals surface area (Å²) in [6.45, 7) is 1.93. The summed E-state index contributed by atoms with van der Waals surface area (Å²) in [7, 11) is 1.52. The Morgan fingerprint density at radius 1 is 1.33 bits per heavy atom. The Labute approximate surface area is 88.1 Å². The van der Waals surface area contributed by atoms with Crippen molar-refractivity contribution in [1.82, 2.24) is 0 Å². The summed E-state index contributed by atoms with van der Waals surface area (Å²) in [4.78, 5) is 0. The van der Waals surface area contributed by atoms with Crippen LogP contribution in [0.2, 0.25) is 0 Å². The molecule has 0 unspecified atom stereocenters. The first-order chi connectivity index (χ1) is 7.13. The average Bonchev–Trinajstić information content (AvgIpc) is 3.01. The molecule has 15 heavy (non-hydrogen) atoms. The van der Waals surface area contributed by atoms with Crippen LogP contribution >= 0.6 is 0 Å². The van der Waals surface area contributed by atoms with E-state index in [0.29, 0.717) is 11.7 Å². The van der Waals surface area contributed by atoms with Crippen molar-refractivity contribution in [2.75, 3.05) is 7.11 Å². The van der Waals surface area contributed by atoms with Crippen LogP contribution in [-0.2, 0) is 0 Å². The van der Waals surface area contributed by atoms with Crippen molar-refractivity contribution in [3.63, 3.8) is 0 Å². The molecule has 0 heterocycles. The second kappa shape index (κ2) is 3.80. The van der Waals surface area contributed by atoms with Gasteiger partial charge in [0.1, 0.15) is 5.75 Å². The third-order valence-electron chi connectivity index (χ3n) is 2.91. The molecular weight excluding hydrogens is 198 g/mol. The van der Waals surface area contributed by atoms with Crippen LogP contribution in [0.25, 0.3) is 0 Å². The van der Waals surface area contributed by atoms with Crippen LogP contribution in [0.4, 0.5) is 8.78 Å². The number of methoxy groups -OCH3 is 1. The quantitative estimate of drug-likeness (QED) is 0.740. The van der Waals surface area contributed by atoms with Crippen molar-refractivity contribution in [3.8, 4) is 5.75 Å². The number of benzene rings is 1. The molecule has 1 aromatic carbocycles. The highest BCUT2D eigenvalue weighted by Gasteiger charge is 2.27. The molecule has 0 bridgehead atoms. The highest BCUT2D eigenvalue weighted by molar-refractivity contribution is 5.46. The summed E-state index contributed by atoms with van der Waals surface area (Å²) in [6.07, 6.45) is -0.204. The van der Waals surface area contributed by atoms with Crippen LogP contribution in [0.5, 0.6) is 5.75 Å². The van der Waals surface area contributed by atoms with Gasteiger partial charge in [0, 0.05) is 5.56 Å². The van der Waals surface area contributed by atoms with Crippen molar-refractivity contribution in [3.05, 3.63) is 28.8 Å². The molecule has 0 aliphatic heterocycles. The van der Waals surface area contributed by atoms with E-state index in [1.165, 1.54) is 13.2 Å². The van der Waals surface area contributed by atoms with E-state index in [1.54, 1.807) is 6.07 Å². The highest BCUT2D eigenvalue weighted by Crippen LogP contribution is 2.44. The molecule has 1 aromatic rings. The van der Waals surface area contributed by atoms with Crippen molar-refractivity contribution in [1.29, 1.82) is 0 Å². The van der Waals surface area contributed by atoms with Gasteiger partial charge in [-0.2, -0.15) is 0 Å². The number of alkyl halides is 2. The predicted molar refractivity (Wildman–Crippen MR) is 54.7 cm³/mol. The lowest BCUT2D eigenvalue weighted by Crippen LogP contribution is -1.96. The molecule has 0 spiro atoms. The van der Waals surface area contributed by atoms with Gasteiger partial charge < -0.3 is 4.74 Å². The van der Waals surface area contributed by atoms with Crippen molar-refractivity contribution < 1.29 is 13.5 Å². The molecule has 1 saturated carbocycles. The molecule has 1 aliphatic rings. The van der Waals surface area contributed by atoms with Crippen molar-refractivity contribution in [2.45, 2.75) is 32.1 Å². The molecule has 0 saturated heterocycles. The number of hydrogen-bond acceptors (Lipinski definition) is 1. The van der Waals surface area contributed by atoms with Crippen LogP contribution < -0.4 is 4.74 Å². The van der Waals surface area contributed by atoms with Crippen molar-refractivity contribution >= 4 is 0 Å². The molecule has 1 fully saturated rings. The fourth-order valence-corrected chi connectivity index (χ4v) is 1.89. The minimum atomic E-state index is -2.42. The highest BCUT2D eigenvalue weighted by atomic mass is 19.3. The Bertz CT molecular complexity index is 370. The maximum absolute atomic E-state index is 12.6. The molecule has 0 aromatic heterocycles. The molecular formula is C12H14F2O. The molecule has 3 heteroatoms. The van der Waals surface area contributed by atoms with Crippen LogP contribution in [-0.4, -0.2) is 7.11 Å². The smallest absolute Gasteiger partial charge is 0.263 e. The van der Waals surface area contributed by atoms with E-state index in [4.69, 9.17) is 4.74 Å². The van der Waals surface area contributed by atoms with Gasteiger partial charge in [-0.25, -0.2) is 8.78 Å². The molecule has 1 aliphatic carbocycles. The van der Waals surface area contributed by atoms with E-state index in [-0.39, 0.29) is 5.56 Å². The molecule has 2 rings (SSSR count). The van der Waals surface area contributed by atoms with Crippen molar-refractivity contribution in [2.24, 2.45) is 0 Å². The third kappa shape index (κ3) is 1.96. The molecule has 1 nitrogen and oxygen atoms in total. The first-order valence-electron chi connectivity index (χ1n) is 5.10. The summed E-state index contributed by atoms with van der Waals surface area (Å²) in [6, 6.07) is 3.06. The van der Waals surface area contributed by atoms with Crippen LogP contribution in [0.1, 0.15) is 41.9 Å². The maximum Gasteiger partial charge on any atom is 0.263 e. The van der Waals surface area contributed by atoms with Gasteiger partial charge in [-0.15, -0.1) is 0 Å². The number of rotatable bonds is 3. The monoisotopic (exact) mass is 212 g/mol. The van der Waals surface area contributed by atoms with Gasteiger partial charge >= 0.3 is 0 Å². The lowest BCUT2D eigenvalue weighted by atomic mass is 10.00. The molecule has 0 atom stereocenters. The van der Waals surface area contributed by atoms with Gasteiger partial charge in [0.15, 0.2) is 0 Å². The summed E-state index contributed by atoms with van der Waals surface area (Å²) in [5.41, 5.74) is 2.10. The molecule has 82 valence electrons. The average molecular weight is 212 g/mol. The summed E-state index contributed by atoms with van der Waals surface area (Å²) in [5.74, 6) is 1.05. The van der Waals surface area contributed by atoms with E-state index in [1.807, 2.05) is 6.92 Å². The zero-order valence-corrected chi connectivity index (χ0v) is 8.89. The molecule has 0 radical (unpaired) electrons. The topological polar surface area (TPSA) is 9.23 Å². The van der Waals surface area contributed by atoms with Crippen LogP contribution in [0, 0.1) is 6.92 Å². The zero-order valence-electron chi connectivity index (χ0n) is 8.89. The first-order valence-corrected chi connectivity index (χ1v) is 5.10. The fraction of sp³-hybridized carbons (Fsp3) is 0.500. The van der Waals surface area contributed by atoms with Gasteiger partial charge in [-0.1, -0.05) is 0 Å². The van der Waals surface area contributed by atoms with Gasteiger partial charge in [-0.05, 0) is 48.9 Å². The lowest BCUT2D eigenvalue weighted by molar-refractivity contribution is 0.151. The second-order valence-electron chi connectivity index (χ2n) is 4.01. The van der Waals surface area contributed by atoms with Crippen LogP contribution in [0.3, 0.4) is 0 Å². The van der Waals surface area contributed by atoms with Gasteiger partial charge in [0.05, 0.1) is 7.11 Å². The fourth-order valence-electron chi connectivity index (χ4n) is 1.89. The minimum Gasteiger partial charge on any atom is -0.496 e. The Morgan fingerprint density at radius 3 is 2.47 bits per heavy atom. The van der Waals surface area contributed by atoms with E-state index < -0.39 is 6.43 Å². The Hall–Kier alpha value is -1.12. The Balaban J connectivity index is 2.47. The second-order valence-corrected chi connectivity index (χ2v) is 4.01. The Morgan fingerprint density at radius 2 is 2.00 bits per heavy atom.